The Morgan fingerprint density at radius 3 is 2.59 bits per heavy atom. The standard InChI is InChI=1S/C14H20N6O2S.C9H13N.2CH4O/c15-13-12-14(18-7-17-13)20(8-19-12)11-3-2-10(22-11)6-23-5-1-4-16-9-21;1-10-8-7-9-5-3-2-4-6-9;2*1-2/h7-11H,1-6H2,(H,16,21)(H2,15,17,18);2-6,10H,7-8H2,1H3;2*2H,1H3. The van der Waals surface area contributed by atoms with E-state index in [9.17, 15) is 4.79 Å². The highest BCUT2D eigenvalue weighted by molar-refractivity contribution is 7.99. The number of carbonyl (C=O) groups excluding carboxylic acids is 1. The first-order chi connectivity index (χ1) is 18.2. The molecule has 1 fully saturated rings. The molecule has 1 aliphatic heterocycles. The lowest BCUT2D eigenvalue weighted by molar-refractivity contribution is -0.109. The molecule has 1 aromatic carbocycles. The van der Waals surface area contributed by atoms with E-state index >= 15 is 0 Å². The lowest BCUT2D eigenvalue weighted by Crippen LogP contribution is -2.15. The van der Waals surface area contributed by atoms with Crippen molar-refractivity contribution in [1.82, 2.24) is 30.2 Å². The van der Waals surface area contributed by atoms with E-state index in [2.05, 4.69) is 49.9 Å². The van der Waals surface area contributed by atoms with Crippen molar-refractivity contribution < 1.29 is 19.7 Å². The molecular formula is C25H41N7O4S. The summed E-state index contributed by atoms with van der Waals surface area (Å²) in [5.74, 6) is 2.37. The molecule has 37 heavy (non-hydrogen) atoms. The minimum atomic E-state index is -0.0448. The van der Waals surface area contributed by atoms with E-state index < -0.39 is 0 Å². The van der Waals surface area contributed by atoms with Crippen molar-refractivity contribution >= 4 is 35.2 Å². The fraction of sp³-hybridized carbons (Fsp3) is 0.520. The van der Waals surface area contributed by atoms with E-state index in [1.807, 2.05) is 29.4 Å². The Hall–Kier alpha value is -2.77. The summed E-state index contributed by atoms with van der Waals surface area (Å²) in [6.45, 7) is 1.79. The molecule has 206 valence electrons. The monoisotopic (exact) mass is 535 g/mol. The first-order valence-corrected chi connectivity index (χ1v) is 13.3. The van der Waals surface area contributed by atoms with Crippen LogP contribution in [-0.2, 0) is 16.0 Å². The zero-order valence-corrected chi connectivity index (χ0v) is 22.7. The van der Waals surface area contributed by atoms with Gasteiger partial charge >= 0.3 is 0 Å². The highest BCUT2D eigenvalue weighted by Gasteiger charge is 2.28. The molecule has 6 N–H and O–H groups in total. The Kier molecular flexibility index (Phi) is 17.7. The van der Waals surface area contributed by atoms with Crippen LogP contribution in [0.3, 0.4) is 0 Å². The van der Waals surface area contributed by atoms with Crippen molar-refractivity contribution in [1.29, 1.82) is 0 Å². The minimum Gasteiger partial charge on any atom is -0.400 e. The summed E-state index contributed by atoms with van der Waals surface area (Å²) >= 11 is 1.85. The molecule has 2 atom stereocenters. The van der Waals surface area contributed by atoms with Crippen LogP contribution in [0, 0.1) is 0 Å². The number of nitrogens with zero attached hydrogens (tertiary/aromatic N) is 4. The van der Waals surface area contributed by atoms with Crippen LogP contribution in [0.5, 0.6) is 0 Å². The predicted octanol–water partition coefficient (Wildman–Crippen LogP) is 1.62. The summed E-state index contributed by atoms with van der Waals surface area (Å²) < 4.78 is 8.05. The van der Waals surface area contributed by atoms with Crippen molar-refractivity contribution in [3.8, 4) is 0 Å². The Labute approximate surface area is 223 Å². The maximum atomic E-state index is 10.1. The molecule has 0 bridgehead atoms. The number of thioether (sulfide) groups is 1. The summed E-state index contributed by atoms with van der Waals surface area (Å²) in [6, 6.07) is 10.5. The molecule has 0 radical (unpaired) electrons. The van der Waals surface area contributed by atoms with Gasteiger partial charge in [0.15, 0.2) is 11.5 Å². The van der Waals surface area contributed by atoms with E-state index in [-0.39, 0.29) is 12.3 Å². The summed E-state index contributed by atoms with van der Waals surface area (Å²) in [4.78, 5) is 22.6. The highest BCUT2D eigenvalue weighted by Crippen LogP contribution is 2.32. The predicted molar refractivity (Wildman–Crippen MR) is 149 cm³/mol. The number of rotatable bonds is 11. The summed E-state index contributed by atoms with van der Waals surface area (Å²) in [6.07, 6.45) is 8.15. The highest BCUT2D eigenvalue weighted by atomic mass is 32.2. The topological polar surface area (TPSA) is 160 Å². The molecule has 12 heteroatoms. The van der Waals surface area contributed by atoms with Gasteiger partial charge in [-0.1, -0.05) is 30.3 Å². The second-order valence-electron chi connectivity index (χ2n) is 7.71. The molecule has 4 rings (SSSR count). The Balaban J connectivity index is 0.000000409. The van der Waals surface area contributed by atoms with Crippen LogP contribution in [0.15, 0.2) is 43.0 Å². The number of aromatic nitrogens is 4. The number of aliphatic hydroxyl groups is 2. The SMILES string of the molecule is CNCCc1ccccc1.CO.CO.Nc1ncnc2c1ncn2C1CCC(CSCCCNC=O)O1. The van der Waals surface area contributed by atoms with Crippen LogP contribution in [0.25, 0.3) is 11.2 Å². The van der Waals surface area contributed by atoms with E-state index in [1.54, 1.807) is 6.33 Å². The number of nitrogens with one attached hydrogen (secondary N) is 2. The van der Waals surface area contributed by atoms with E-state index in [0.29, 0.717) is 11.3 Å². The van der Waals surface area contributed by atoms with Gasteiger partial charge in [-0.05, 0) is 50.6 Å². The smallest absolute Gasteiger partial charge is 0.207 e. The molecule has 0 aliphatic carbocycles. The van der Waals surface area contributed by atoms with E-state index in [0.717, 1.165) is 76.6 Å². The van der Waals surface area contributed by atoms with Crippen molar-refractivity contribution in [2.24, 2.45) is 0 Å². The van der Waals surface area contributed by atoms with Crippen molar-refractivity contribution in [2.45, 2.75) is 38.0 Å². The molecule has 2 unspecified atom stereocenters. The molecule has 3 heterocycles. The van der Waals surface area contributed by atoms with Crippen LogP contribution in [-0.4, -0.2) is 88.1 Å². The molecule has 0 spiro atoms. The average Bonchev–Trinajstić information content (AvgIpc) is 3.60. The summed E-state index contributed by atoms with van der Waals surface area (Å²) in [7, 11) is 3.98. The molecule has 1 saturated heterocycles. The Bertz CT molecular complexity index is 978. The fourth-order valence-electron chi connectivity index (χ4n) is 3.56. The maximum absolute atomic E-state index is 10.1. The number of fused-ring (bicyclic) bond motifs is 1. The van der Waals surface area contributed by atoms with Gasteiger partial charge in [0.25, 0.3) is 0 Å². The van der Waals surface area contributed by atoms with Gasteiger partial charge in [-0.2, -0.15) is 11.8 Å². The van der Waals surface area contributed by atoms with Gasteiger partial charge in [-0.25, -0.2) is 15.0 Å². The lowest BCUT2D eigenvalue weighted by Gasteiger charge is -2.15. The number of amides is 1. The van der Waals surface area contributed by atoms with E-state index in [4.69, 9.17) is 20.7 Å². The first kappa shape index (κ1) is 32.3. The van der Waals surface area contributed by atoms with Crippen LogP contribution < -0.4 is 16.4 Å². The van der Waals surface area contributed by atoms with Gasteiger partial charge in [0.05, 0.1) is 12.4 Å². The third-order valence-electron chi connectivity index (χ3n) is 5.29. The zero-order valence-electron chi connectivity index (χ0n) is 21.9. The van der Waals surface area contributed by atoms with Gasteiger partial charge in [0.1, 0.15) is 18.1 Å². The van der Waals surface area contributed by atoms with Crippen LogP contribution >= 0.6 is 11.8 Å². The number of aliphatic hydroxyl groups excluding tert-OH is 2. The number of ether oxygens (including phenoxy) is 1. The molecule has 11 nitrogen and oxygen atoms in total. The fourth-order valence-corrected chi connectivity index (χ4v) is 4.58. The number of carbonyl (C=O) groups is 1. The van der Waals surface area contributed by atoms with Gasteiger partial charge in [-0.3, -0.25) is 9.36 Å². The normalized spacial score (nSPS) is 15.9. The molecule has 1 amide bonds. The van der Waals surface area contributed by atoms with Crippen molar-refractivity contribution in [3.05, 3.63) is 48.5 Å². The second-order valence-corrected chi connectivity index (χ2v) is 8.86. The summed E-state index contributed by atoms with van der Waals surface area (Å²) in [5.41, 5.74) is 8.55. The van der Waals surface area contributed by atoms with E-state index in [1.165, 1.54) is 11.9 Å². The first-order valence-electron chi connectivity index (χ1n) is 12.1. The summed E-state index contributed by atoms with van der Waals surface area (Å²) in [5, 5.41) is 19.8. The lowest BCUT2D eigenvalue weighted by atomic mass is 10.2. The molecule has 3 aromatic rings. The van der Waals surface area contributed by atoms with Gasteiger partial charge in [-0.15, -0.1) is 0 Å². The number of likely N-dealkylation sites (N-methyl/N-ethyl adjacent to an activating group) is 1. The zero-order chi connectivity index (χ0) is 27.3. The quantitative estimate of drug-likeness (QED) is 0.180. The second kappa shape index (κ2) is 20.3. The van der Waals surface area contributed by atoms with Gasteiger partial charge in [0, 0.05) is 26.5 Å². The van der Waals surface area contributed by atoms with Crippen LogP contribution in [0.2, 0.25) is 0 Å². The number of benzene rings is 1. The Morgan fingerprint density at radius 2 is 1.89 bits per heavy atom. The largest absolute Gasteiger partial charge is 0.400 e. The van der Waals surface area contributed by atoms with Crippen LogP contribution in [0.4, 0.5) is 5.82 Å². The van der Waals surface area contributed by atoms with Crippen molar-refractivity contribution in [3.63, 3.8) is 0 Å². The number of nitrogen functional groups attached to an aromatic ring is 1. The maximum Gasteiger partial charge on any atom is 0.207 e. The average molecular weight is 536 g/mol. The molecule has 0 saturated carbocycles. The minimum absolute atomic E-state index is 0.0448. The molecule has 2 aromatic heterocycles. The van der Waals surface area contributed by atoms with Crippen molar-refractivity contribution in [2.75, 3.05) is 51.6 Å². The number of nitrogens with two attached hydrogens (primary N) is 1. The number of hydrogen-bond acceptors (Lipinski definition) is 10. The number of anilines is 1. The molecular weight excluding hydrogens is 494 g/mol. The number of hydrogen-bond donors (Lipinski definition) is 5. The third kappa shape index (κ3) is 11.4. The Morgan fingerprint density at radius 1 is 1.14 bits per heavy atom. The van der Waals surface area contributed by atoms with Gasteiger partial charge < -0.3 is 31.3 Å². The third-order valence-corrected chi connectivity index (χ3v) is 6.47. The number of imidazole rings is 1. The van der Waals surface area contributed by atoms with Crippen LogP contribution in [0.1, 0.15) is 31.1 Å². The van der Waals surface area contributed by atoms with Gasteiger partial charge in [0.2, 0.25) is 6.41 Å². The molecule has 1 aliphatic rings.